The first-order valence-electron chi connectivity index (χ1n) is 6.50. The summed E-state index contributed by atoms with van der Waals surface area (Å²) in [4.78, 5) is 27.0. The van der Waals surface area contributed by atoms with E-state index in [1.807, 2.05) is 0 Å². The minimum absolute atomic E-state index is 0.267. The second kappa shape index (κ2) is 5.59. The van der Waals surface area contributed by atoms with E-state index in [1.54, 1.807) is 0 Å². The predicted octanol–water partition coefficient (Wildman–Crippen LogP) is 2.99. The first-order valence-corrected chi connectivity index (χ1v) is 6.88. The van der Waals surface area contributed by atoms with Gasteiger partial charge in [-0.05, 0) is 12.1 Å². The highest BCUT2D eigenvalue weighted by Gasteiger charge is 2.35. The Bertz CT molecular complexity index is 1070. The molecule has 130 valence electrons. The molecule has 0 bridgehead atoms. The normalized spacial score (nSPS) is 11.9. The molecule has 0 unspecified atom stereocenters. The average molecular weight is 376 g/mol. The zero-order chi connectivity index (χ0) is 18.5. The second-order valence-corrected chi connectivity index (χ2v) is 5.29. The van der Waals surface area contributed by atoms with Crippen LogP contribution in [0.2, 0.25) is 5.02 Å². The molecule has 0 saturated heterocycles. The SMILES string of the molecule is O=C(O)c1cc(-n2c(=O)cc(C(F)(F)F)n3ccnc23)c(F)cc1Cl. The zero-order valence-corrected chi connectivity index (χ0v) is 12.6. The summed E-state index contributed by atoms with van der Waals surface area (Å²) in [5, 5.41) is 8.63. The minimum atomic E-state index is -4.85. The van der Waals surface area contributed by atoms with Crippen molar-refractivity contribution in [1.29, 1.82) is 0 Å². The van der Waals surface area contributed by atoms with E-state index in [4.69, 9.17) is 16.7 Å². The molecule has 0 saturated carbocycles. The molecule has 0 aliphatic carbocycles. The Kier molecular flexibility index (Phi) is 3.79. The van der Waals surface area contributed by atoms with E-state index < -0.39 is 51.3 Å². The van der Waals surface area contributed by atoms with Crippen LogP contribution in [0.15, 0.2) is 35.4 Å². The molecule has 2 aromatic heterocycles. The van der Waals surface area contributed by atoms with Crippen molar-refractivity contribution >= 4 is 23.3 Å². The van der Waals surface area contributed by atoms with Gasteiger partial charge in [0.05, 0.1) is 16.3 Å². The monoisotopic (exact) mass is 375 g/mol. The molecule has 25 heavy (non-hydrogen) atoms. The molecular weight excluding hydrogens is 370 g/mol. The molecular formula is C14H6ClF4N3O3. The van der Waals surface area contributed by atoms with Gasteiger partial charge in [0.2, 0.25) is 5.78 Å². The fraction of sp³-hybridized carbons (Fsp3) is 0.0714. The fourth-order valence-corrected chi connectivity index (χ4v) is 2.55. The van der Waals surface area contributed by atoms with Gasteiger partial charge in [0.15, 0.2) is 0 Å². The van der Waals surface area contributed by atoms with Crippen molar-refractivity contribution in [2.75, 3.05) is 0 Å². The lowest BCUT2D eigenvalue weighted by atomic mass is 10.2. The van der Waals surface area contributed by atoms with Gasteiger partial charge >= 0.3 is 12.1 Å². The lowest BCUT2D eigenvalue weighted by Crippen LogP contribution is -2.26. The molecule has 0 aliphatic rings. The third-order valence-corrected chi connectivity index (χ3v) is 3.67. The number of aromatic carboxylic acids is 1. The van der Waals surface area contributed by atoms with Crippen LogP contribution in [0.3, 0.4) is 0 Å². The zero-order valence-electron chi connectivity index (χ0n) is 11.9. The number of aromatic nitrogens is 3. The number of fused-ring (bicyclic) bond motifs is 1. The van der Waals surface area contributed by atoms with Crippen molar-refractivity contribution in [3.05, 3.63) is 63.0 Å². The van der Waals surface area contributed by atoms with Crippen molar-refractivity contribution in [1.82, 2.24) is 14.0 Å². The standard InChI is InChI=1S/C14H6ClF4N3O3/c15-7-4-8(16)9(3-6(7)12(24)25)22-11(23)5-10(14(17,18)19)21-2-1-20-13(21)22/h1-5H,(H,24,25). The summed E-state index contributed by atoms with van der Waals surface area (Å²) in [7, 11) is 0. The van der Waals surface area contributed by atoms with Crippen LogP contribution in [-0.4, -0.2) is 25.0 Å². The van der Waals surface area contributed by atoms with E-state index >= 15 is 0 Å². The highest BCUT2D eigenvalue weighted by molar-refractivity contribution is 6.33. The Labute approximate surface area is 140 Å². The fourth-order valence-electron chi connectivity index (χ4n) is 2.32. The maximum absolute atomic E-state index is 14.2. The molecule has 0 atom stereocenters. The van der Waals surface area contributed by atoms with Crippen LogP contribution in [0.4, 0.5) is 17.6 Å². The number of benzene rings is 1. The summed E-state index contributed by atoms with van der Waals surface area (Å²) >= 11 is 5.63. The molecule has 0 fully saturated rings. The van der Waals surface area contributed by atoms with Crippen LogP contribution < -0.4 is 5.56 Å². The molecule has 3 aromatic rings. The van der Waals surface area contributed by atoms with Crippen molar-refractivity contribution in [3.63, 3.8) is 0 Å². The van der Waals surface area contributed by atoms with Crippen molar-refractivity contribution in [2.45, 2.75) is 6.18 Å². The summed E-state index contributed by atoms with van der Waals surface area (Å²) < 4.78 is 54.5. The van der Waals surface area contributed by atoms with Crippen molar-refractivity contribution in [2.24, 2.45) is 0 Å². The van der Waals surface area contributed by atoms with Gasteiger partial charge in [0.1, 0.15) is 11.5 Å². The van der Waals surface area contributed by atoms with Gasteiger partial charge in [0, 0.05) is 18.5 Å². The third-order valence-electron chi connectivity index (χ3n) is 3.36. The molecule has 1 N–H and O–H groups in total. The minimum Gasteiger partial charge on any atom is -0.478 e. The summed E-state index contributed by atoms with van der Waals surface area (Å²) in [6, 6.07) is 1.68. The molecule has 0 amide bonds. The van der Waals surface area contributed by atoms with E-state index in [9.17, 15) is 27.2 Å². The smallest absolute Gasteiger partial charge is 0.432 e. The number of carboxylic acids is 1. The molecule has 2 heterocycles. The van der Waals surface area contributed by atoms with Crippen molar-refractivity contribution < 1.29 is 27.5 Å². The number of hydrogen-bond acceptors (Lipinski definition) is 3. The second-order valence-electron chi connectivity index (χ2n) is 4.89. The van der Waals surface area contributed by atoms with Gasteiger partial charge in [-0.2, -0.15) is 13.2 Å². The van der Waals surface area contributed by atoms with E-state index in [0.29, 0.717) is 15.0 Å². The first-order chi connectivity index (χ1) is 11.6. The number of halogens is 5. The lowest BCUT2D eigenvalue weighted by molar-refractivity contribution is -0.142. The topological polar surface area (TPSA) is 76.6 Å². The number of imidazole rings is 1. The summed E-state index contributed by atoms with van der Waals surface area (Å²) in [6.45, 7) is 0. The number of carboxylic acid groups (broad SMARTS) is 1. The quantitative estimate of drug-likeness (QED) is 0.699. The van der Waals surface area contributed by atoms with Crippen LogP contribution in [0.25, 0.3) is 11.5 Å². The molecule has 0 spiro atoms. The Morgan fingerprint density at radius 2 is 1.92 bits per heavy atom. The Hall–Kier alpha value is -2.88. The molecule has 11 heteroatoms. The molecule has 3 rings (SSSR count). The molecule has 0 aliphatic heterocycles. The maximum atomic E-state index is 14.2. The molecule has 6 nitrogen and oxygen atoms in total. The highest BCUT2D eigenvalue weighted by atomic mass is 35.5. The van der Waals surface area contributed by atoms with Crippen LogP contribution >= 0.6 is 11.6 Å². The Morgan fingerprint density at radius 3 is 2.52 bits per heavy atom. The van der Waals surface area contributed by atoms with Gasteiger partial charge in [-0.15, -0.1) is 0 Å². The van der Waals surface area contributed by atoms with E-state index in [-0.39, 0.29) is 6.07 Å². The van der Waals surface area contributed by atoms with E-state index in [0.717, 1.165) is 18.5 Å². The Balaban J connectivity index is 2.41. The van der Waals surface area contributed by atoms with Crippen LogP contribution in [0, 0.1) is 5.82 Å². The van der Waals surface area contributed by atoms with Gasteiger partial charge < -0.3 is 5.11 Å². The van der Waals surface area contributed by atoms with E-state index in [2.05, 4.69) is 4.98 Å². The van der Waals surface area contributed by atoms with Crippen molar-refractivity contribution in [3.8, 4) is 5.69 Å². The van der Waals surface area contributed by atoms with E-state index in [1.165, 1.54) is 0 Å². The third kappa shape index (κ3) is 2.74. The molecule has 0 radical (unpaired) electrons. The lowest BCUT2D eigenvalue weighted by Gasteiger charge is -2.14. The van der Waals surface area contributed by atoms with Gasteiger partial charge in [-0.25, -0.2) is 18.7 Å². The Morgan fingerprint density at radius 1 is 1.24 bits per heavy atom. The number of rotatable bonds is 2. The largest absolute Gasteiger partial charge is 0.478 e. The number of nitrogens with zero attached hydrogens (tertiary/aromatic N) is 3. The van der Waals surface area contributed by atoms with Gasteiger partial charge in [-0.3, -0.25) is 9.20 Å². The average Bonchev–Trinajstić information content (AvgIpc) is 2.95. The predicted molar refractivity (Wildman–Crippen MR) is 77.7 cm³/mol. The van der Waals surface area contributed by atoms with Crippen LogP contribution in [0.5, 0.6) is 0 Å². The molecule has 1 aromatic carbocycles. The van der Waals surface area contributed by atoms with Gasteiger partial charge in [-0.1, -0.05) is 11.6 Å². The first kappa shape index (κ1) is 17.0. The van der Waals surface area contributed by atoms with Crippen LogP contribution in [0.1, 0.15) is 16.1 Å². The summed E-state index contributed by atoms with van der Waals surface area (Å²) in [5.41, 5.74) is -3.64. The van der Waals surface area contributed by atoms with Crippen LogP contribution in [-0.2, 0) is 6.18 Å². The maximum Gasteiger partial charge on any atom is 0.432 e. The number of carbonyl (C=O) groups is 1. The summed E-state index contributed by atoms with van der Waals surface area (Å²) in [5.74, 6) is -3.12. The summed E-state index contributed by atoms with van der Waals surface area (Å²) in [6.07, 6.45) is -2.91. The highest BCUT2D eigenvalue weighted by Crippen LogP contribution is 2.30. The van der Waals surface area contributed by atoms with Gasteiger partial charge in [0.25, 0.3) is 5.56 Å². The number of hydrogen-bond donors (Lipinski definition) is 1. The number of alkyl halides is 3.